The molecular weight excluding hydrogens is 234 g/mol. The molecule has 0 saturated carbocycles. The van der Waals surface area contributed by atoms with Crippen LogP contribution in [-0.4, -0.2) is 10.9 Å². The molecule has 0 aliphatic rings. The molecule has 3 heteroatoms. The van der Waals surface area contributed by atoms with Crippen molar-refractivity contribution in [3.63, 3.8) is 0 Å². The van der Waals surface area contributed by atoms with Crippen LogP contribution in [0.5, 0.6) is 0 Å². The highest BCUT2D eigenvalue weighted by Crippen LogP contribution is 2.23. The first-order valence-electron chi connectivity index (χ1n) is 5.81. The van der Waals surface area contributed by atoms with Crippen LogP contribution in [0.1, 0.15) is 31.2 Å². The number of aromatic nitrogens is 1. The molecular formula is C14H16ClNO. The van der Waals surface area contributed by atoms with E-state index in [1.165, 1.54) is 5.56 Å². The second-order valence-electron chi connectivity index (χ2n) is 4.33. The number of alkyl halides is 1. The van der Waals surface area contributed by atoms with Gasteiger partial charge in [0.1, 0.15) is 0 Å². The van der Waals surface area contributed by atoms with E-state index < -0.39 is 0 Å². The molecule has 0 radical (unpaired) electrons. The maximum Gasteiger partial charge on any atom is 0.196 e. The minimum absolute atomic E-state index is 0.534. The average Bonchev–Trinajstić information content (AvgIpc) is 2.78. The van der Waals surface area contributed by atoms with Crippen LogP contribution in [0.2, 0.25) is 0 Å². The third-order valence-electron chi connectivity index (χ3n) is 2.72. The molecule has 0 spiro atoms. The standard InChI is InChI=1S/C14H16ClNO/c1-10(2)11-3-5-12(6-4-11)13-9-16-14(17-13)7-8-15/h3-6,9-10H,7-8H2,1-2H3. The highest BCUT2D eigenvalue weighted by atomic mass is 35.5. The molecule has 0 aliphatic heterocycles. The number of aryl methyl sites for hydroxylation is 1. The summed E-state index contributed by atoms with van der Waals surface area (Å²) in [6, 6.07) is 8.40. The Labute approximate surface area is 107 Å². The summed E-state index contributed by atoms with van der Waals surface area (Å²) in [5.74, 6) is 2.58. The van der Waals surface area contributed by atoms with Gasteiger partial charge in [-0.05, 0) is 11.5 Å². The van der Waals surface area contributed by atoms with E-state index in [-0.39, 0.29) is 0 Å². The van der Waals surface area contributed by atoms with Crippen molar-refractivity contribution in [1.29, 1.82) is 0 Å². The Kier molecular flexibility index (Phi) is 3.85. The smallest absolute Gasteiger partial charge is 0.196 e. The fourth-order valence-corrected chi connectivity index (χ4v) is 1.83. The van der Waals surface area contributed by atoms with E-state index in [1.807, 2.05) is 0 Å². The molecule has 0 saturated heterocycles. The van der Waals surface area contributed by atoms with E-state index in [2.05, 4.69) is 43.1 Å². The highest BCUT2D eigenvalue weighted by molar-refractivity contribution is 6.17. The number of rotatable bonds is 4. The third-order valence-corrected chi connectivity index (χ3v) is 2.91. The van der Waals surface area contributed by atoms with Gasteiger partial charge in [-0.1, -0.05) is 38.1 Å². The largest absolute Gasteiger partial charge is 0.441 e. The molecule has 0 unspecified atom stereocenters. The third kappa shape index (κ3) is 2.89. The molecule has 1 heterocycles. The summed E-state index contributed by atoms with van der Waals surface area (Å²) in [5.41, 5.74) is 2.39. The first kappa shape index (κ1) is 12.2. The van der Waals surface area contributed by atoms with Crippen LogP contribution < -0.4 is 0 Å². The van der Waals surface area contributed by atoms with Gasteiger partial charge in [-0.3, -0.25) is 0 Å². The van der Waals surface area contributed by atoms with Crippen molar-refractivity contribution in [2.75, 3.05) is 5.88 Å². The highest BCUT2D eigenvalue weighted by Gasteiger charge is 2.06. The van der Waals surface area contributed by atoms with Gasteiger partial charge >= 0.3 is 0 Å². The quantitative estimate of drug-likeness (QED) is 0.758. The second kappa shape index (κ2) is 5.37. The van der Waals surface area contributed by atoms with Gasteiger partial charge in [0.05, 0.1) is 6.20 Å². The van der Waals surface area contributed by atoms with Gasteiger partial charge in [0, 0.05) is 17.9 Å². The van der Waals surface area contributed by atoms with Gasteiger partial charge < -0.3 is 4.42 Å². The molecule has 0 amide bonds. The van der Waals surface area contributed by atoms with E-state index in [9.17, 15) is 0 Å². The lowest BCUT2D eigenvalue weighted by Gasteiger charge is -2.05. The summed E-state index contributed by atoms with van der Waals surface area (Å²) in [4.78, 5) is 4.19. The zero-order valence-electron chi connectivity index (χ0n) is 10.1. The summed E-state index contributed by atoms with van der Waals surface area (Å²) in [5, 5.41) is 0. The maximum absolute atomic E-state index is 5.65. The monoisotopic (exact) mass is 249 g/mol. The predicted molar refractivity (Wildman–Crippen MR) is 70.5 cm³/mol. The van der Waals surface area contributed by atoms with Gasteiger partial charge in [0.15, 0.2) is 11.7 Å². The van der Waals surface area contributed by atoms with Crippen molar-refractivity contribution < 1.29 is 4.42 Å². The van der Waals surface area contributed by atoms with Gasteiger partial charge in [-0.15, -0.1) is 11.6 Å². The SMILES string of the molecule is CC(C)c1ccc(-c2cnc(CCCl)o2)cc1. The fraction of sp³-hybridized carbons (Fsp3) is 0.357. The van der Waals surface area contributed by atoms with Crippen LogP contribution >= 0.6 is 11.6 Å². The van der Waals surface area contributed by atoms with Crippen molar-refractivity contribution in [1.82, 2.24) is 4.98 Å². The predicted octanol–water partition coefficient (Wildman–Crippen LogP) is 4.25. The lowest BCUT2D eigenvalue weighted by atomic mass is 10.0. The average molecular weight is 250 g/mol. The molecule has 2 aromatic rings. The molecule has 0 N–H and O–H groups in total. The van der Waals surface area contributed by atoms with Gasteiger partial charge in [-0.25, -0.2) is 4.98 Å². The van der Waals surface area contributed by atoms with Crippen molar-refractivity contribution in [3.05, 3.63) is 41.9 Å². The molecule has 2 rings (SSSR count). The summed E-state index contributed by atoms with van der Waals surface area (Å²) < 4.78 is 5.61. The molecule has 0 bridgehead atoms. The molecule has 0 aliphatic carbocycles. The fourth-order valence-electron chi connectivity index (χ4n) is 1.67. The zero-order chi connectivity index (χ0) is 12.3. The Morgan fingerprint density at radius 2 is 1.94 bits per heavy atom. The van der Waals surface area contributed by atoms with Crippen LogP contribution in [-0.2, 0) is 6.42 Å². The van der Waals surface area contributed by atoms with Crippen LogP contribution in [0.3, 0.4) is 0 Å². The second-order valence-corrected chi connectivity index (χ2v) is 4.71. The number of benzene rings is 1. The summed E-state index contributed by atoms with van der Waals surface area (Å²) in [7, 11) is 0. The van der Waals surface area contributed by atoms with E-state index in [1.54, 1.807) is 6.20 Å². The first-order valence-corrected chi connectivity index (χ1v) is 6.35. The Bertz CT molecular complexity index is 473. The van der Waals surface area contributed by atoms with Crippen molar-refractivity contribution >= 4 is 11.6 Å². The lowest BCUT2D eigenvalue weighted by Crippen LogP contribution is -1.86. The molecule has 2 nitrogen and oxygen atoms in total. The van der Waals surface area contributed by atoms with E-state index in [0.717, 1.165) is 11.3 Å². The first-order chi connectivity index (χ1) is 8.20. The van der Waals surface area contributed by atoms with Crippen LogP contribution in [0, 0.1) is 0 Å². The van der Waals surface area contributed by atoms with E-state index in [0.29, 0.717) is 24.1 Å². The minimum atomic E-state index is 0.534. The number of hydrogen-bond donors (Lipinski definition) is 0. The minimum Gasteiger partial charge on any atom is -0.441 e. The van der Waals surface area contributed by atoms with Gasteiger partial charge in [-0.2, -0.15) is 0 Å². The number of hydrogen-bond acceptors (Lipinski definition) is 2. The Morgan fingerprint density at radius 3 is 2.53 bits per heavy atom. The molecule has 1 aromatic carbocycles. The van der Waals surface area contributed by atoms with Crippen molar-refractivity contribution in [2.24, 2.45) is 0 Å². The van der Waals surface area contributed by atoms with Crippen molar-refractivity contribution in [3.8, 4) is 11.3 Å². The molecule has 0 fully saturated rings. The summed E-state index contributed by atoms with van der Waals surface area (Å²) in [6.07, 6.45) is 2.43. The lowest BCUT2D eigenvalue weighted by molar-refractivity contribution is 0.514. The number of nitrogens with zero attached hydrogens (tertiary/aromatic N) is 1. The number of oxazole rings is 1. The van der Waals surface area contributed by atoms with Crippen LogP contribution in [0.25, 0.3) is 11.3 Å². The topological polar surface area (TPSA) is 26.0 Å². The Hall–Kier alpha value is -1.28. The Morgan fingerprint density at radius 1 is 1.24 bits per heavy atom. The summed E-state index contributed by atoms with van der Waals surface area (Å²) in [6.45, 7) is 4.37. The normalized spacial score (nSPS) is 11.1. The molecule has 17 heavy (non-hydrogen) atoms. The number of halogens is 1. The van der Waals surface area contributed by atoms with Crippen LogP contribution in [0.15, 0.2) is 34.9 Å². The van der Waals surface area contributed by atoms with E-state index in [4.69, 9.17) is 16.0 Å². The molecule has 1 aromatic heterocycles. The van der Waals surface area contributed by atoms with E-state index >= 15 is 0 Å². The molecule has 90 valence electrons. The maximum atomic E-state index is 5.65. The zero-order valence-corrected chi connectivity index (χ0v) is 10.9. The summed E-state index contributed by atoms with van der Waals surface area (Å²) >= 11 is 5.65. The van der Waals surface area contributed by atoms with Gasteiger partial charge in [0.25, 0.3) is 0 Å². The van der Waals surface area contributed by atoms with Crippen LogP contribution in [0.4, 0.5) is 0 Å². The van der Waals surface area contributed by atoms with Crippen molar-refractivity contribution in [2.45, 2.75) is 26.2 Å². The molecule has 0 atom stereocenters. The Balaban J connectivity index is 2.21. The van der Waals surface area contributed by atoms with Gasteiger partial charge in [0.2, 0.25) is 0 Å².